The zero-order valence-electron chi connectivity index (χ0n) is 21.6. The summed E-state index contributed by atoms with van der Waals surface area (Å²) in [5, 5.41) is 12.7. The Morgan fingerprint density at radius 3 is 2.52 bits per heavy atom. The maximum atomic E-state index is 14.0. The van der Waals surface area contributed by atoms with Gasteiger partial charge in [0.2, 0.25) is 0 Å². The van der Waals surface area contributed by atoms with Gasteiger partial charge in [0.05, 0.1) is 7.11 Å². The molecule has 6 nitrogen and oxygen atoms in total. The highest BCUT2D eigenvalue weighted by Crippen LogP contribution is 2.41. The van der Waals surface area contributed by atoms with Crippen LogP contribution in [0.25, 0.3) is 0 Å². The summed E-state index contributed by atoms with van der Waals surface area (Å²) in [6, 6.07) is 15.9. The summed E-state index contributed by atoms with van der Waals surface area (Å²) in [6.07, 6.45) is 2.44. The molecule has 1 atom stereocenters. The third-order valence-electron chi connectivity index (χ3n) is 6.52. The van der Waals surface area contributed by atoms with Crippen LogP contribution in [0.1, 0.15) is 42.0 Å². The maximum Gasteiger partial charge on any atom is 0.446 e. The van der Waals surface area contributed by atoms with E-state index in [1.165, 1.54) is 24.1 Å². The molecular weight excluding hydrogens is 565 g/mol. The van der Waals surface area contributed by atoms with Gasteiger partial charge < -0.3 is 20.1 Å². The number of anilines is 2. The number of thioether (sulfide) groups is 1. The lowest BCUT2D eigenvalue weighted by Gasteiger charge is -2.27. The second-order valence-electron chi connectivity index (χ2n) is 9.38. The van der Waals surface area contributed by atoms with Gasteiger partial charge in [0.25, 0.3) is 5.91 Å². The molecule has 0 aliphatic carbocycles. The molecule has 2 N–H and O–H groups in total. The minimum atomic E-state index is -4.44. The fraction of sp³-hybridized carbons (Fsp3) is 0.310. The van der Waals surface area contributed by atoms with Crippen LogP contribution in [0.5, 0.6) is 5.75 Å². The summed E-state index contributed by atoms with van der Waals surface area (Å²) in [7, 11) is 1.53. The van der Waals surface area contributed by atoms with E-state index < -0.39 is 17.5 Å². The number of benzene rings is 3. The van der Waals surface area contributed by atoms with Gasteiger partial charge in [-0.05, 0) is 90.5 Å². The topological polar surface area (TPSA) is 78.9 Å². The fourth-order valence-electron chi connectivity index (χ4n) is 4.66. The molecule has 1 unspecified atom stereocenters. The van der Waals surface area contributed by atoms with Gasteiger partial charge in [-0.1, -0.05) is 29.8 Å². The highest BCUT2D eigenvalue weighted by atomic mass is 35.5. The molecule has 11 heteroatoms. The Morgan fingerprint density at radius 1 is 1.10 bits per heavy atom. The number of nitrogens with zero attached hydrogens (tertiary/aromatic N) is 1. The van der Waals surface area contributed by atoms with Crippen molar-refractivity contribution in [2.24, 2.45) is 0 Å². The number of carboxylic acid groups (broad SMARTS) is 1. The van der Waals surface area contributed by atoms with Gasteiger partial charge in [-0.3, -0.25) is 9.59 Å². The van der Waals surface area contributed by atoms with Crippen LogP contribution in [0.2, 0.25) is 5.02 Å². The molecule has 212 valence electrons. The van der Waals surface area contributed by atoms with Crippen molar-refractivity contribution in [3.8, 4) is 5.75 Å². The smallest absolute Gasteiger partial charge is 0.446 e. The van der Waals surface area contributed by atoms with Crippen LogP contribution >= 0.6 is 23.4 Å². The summed E-state index contributed by atoms with van der Waals surface area (Å²) in [5.41, 5.74) is -1.01. The Kier molecular flexibility index (Phi) is 9.52. The van der Waals surface area contributed by atoms with Gasteiger partial charge in [-0.2, -0.15) is 13.2 Å². The molecule has 1 amide bonds. The molecule has 0 saturated heterocycles. The van der Waals surface area contributed by atoms with Gasteiger partial charge in [-0.25, -0.2) is 0 Å². The van der Waals surface area contributed by atoms with E-state index in [4.69, 9.17) is 21.4 Å². The number of carbonyl (C=O) groups is 2. The van der Waals surface area contributed by atoms with Crippen LogP contribution < -0.4 is 15.0 Å². The maximum absolute atomic E-state index is 14.0. The van der Waals surface area contributed by atoms with E-state index in [-0.39, 0.29) is 29.0 Å². The molecular formula is C29H28ClF3N2O4S. The van der Waals surface area contributed by atoms with Crippen LogP contribution in [0.15, 0.2) is 65.6 Å². The Labute approximate surface area is 239 Å². The molecule has 0 radical (unpaired) electrons. The number of halogens is 4. The van der Waals surface area contributed by atoms with Crippen molar-refractivity contribution in [1.29, 1.82) is 0 Å². The number of carbonyl (C=O) groups excluding carboxylic acids is 1. The molecule has 0 bridgehead atoms. The summed E-state index contributed by atoms with van der Waals surface area (Å²) in [5.74, 6) is -0.591. The number of rotatable bonds is 11. The summed E-state index contributed by atoms with van der Waals surface area (Å²) >= 11 is 5.89. The molecule has 3 aromatic carbocycles. The van der Waals surface area contributed by atoms with Gasteiger partial charge >= 0.3 is 11.5 Å². The number of nitrogens with one attached hydrogen (secondary N) is 1. The van der Waals surface area contributed by atoms with Crippen LogP contribution in [-0.2, 0) is 22.4 Å². The number of hydrogen-bond acceptors (Lipinski definition) is 5. The van der Waals surface area contributed by atoms with Gasteiger partial charge in [0.15, 0.2) is 0 Å². The number of carboxylic acids is 1. The molecule has 1 aliphatic heterocycles. The first-order valence-electron chi connectivity index (χ1n) is 12.6. The Balaban J connectivity index is 1.63. The third-order valence-corrected chi connectivity index (χ3v) is 7.49. The van der Waals surface area contributed by atoms with Crippen molar-refractivity contribution in [3.63, 3.8) is 0 Å². The number of hydrogen-bond donors (Lipinski definition) is 2. The molecule has 0 spiro atoms. The van der Waals surface area contributed by atoms with E-state index in [2.05, 4.69) is 5.32 Å². The van der Waals surface area contributed by atoms with Crippen LogP contribution in [-0.4, -0.2) is 36.1 Å². The number of fused-ring (bicyclic) bond motifs is 1. The molecule has 1 heterocycles. The zero-order valence-corrected chi connectivity index (χ0v) is 23.2. The quantitative estimate of drug-likeness (QED) is 0.177. The predicted octanol–water partition coefficient (Wildman–Crippen LogP) is 7.50. The lowest BCUT2D eigenvalue weighted by molar-refractivity contribution is -0.137. The van der Waals surface area contributed by atoms with E-state index in [1.807, 2.05) is 12.1 Å². The van der Waals surface area contributed by atoms with Gasteiger partial charge in [0, 0.05) is 40.3 Å². The lowest BCUT2D eigenvalue weighted by atomic mass is 10.0. The van der Waals surface area contributed by atoms with E-state index >= 15 is 0 Å². The standard InChI is InChI=1S/C29H28ClF3N2O4S/c1-39-23-15-18(4-2-3-5-26(36)37)14-22(16-23)34-27(20-6-9-21(30)10-7-20)28(38)35-13-12-19-8-11-24(17-25(19)35)40-29(31,32)33/h6-11,14-17,27,34H,2-5,12-13H2,1H3,(H,36,37). The molecule has 40 heavy (non-hydrogen) atoms. The highest BCUT2D eigenvalue weighted by Gasteiger charge is 2.34. The van der Waals surface area contributed by atoms with Crippen molar-refractivity contribution < 1.29 is 32.6 Å². The van der Waals surface area contributed by atoms with Crippen LogP contribution in [0.3, 0.4) is 0 Å². The van der Waals surface area contributed by atoms with Crippen molar-refractivity contribution in [2.75, 3.05) is 23.9 Å². The second kappa shape index (κ2) is 12.9. The number of aliphatic carboxylic acids is 1. The minimum absolute atomic E-state index is 0.0160. The Bertz CT molecular complexity index is 1370. The van der Waals surface area contributed by atoms with Gasteiger partial charge in [-0.15, -0.1) is 0 Å². The monoisotopic (exact) mass is 592 g/mol. The van der Waals surface area contributed by atoms with Crippen molar-refractivity contribution in [3.05, 3.63) is 82.4 Å². The summed E-state index contributed by atoms with van der Waals surface area (Å²) in [6.45, 7) is 0.340. The average Bonchev–Trinajstić information content (AvgIpc) is 3.32. The van der Waals surface area contributed by atoms with Crippen molar-refractivity contribution in [1.82, 2.24) is 0 Å². The Morgan fingerprint density at radius 2 is 1.85 bits per heavy atom. The largest absolute Gasteiger partial charge is 0.497 e. The second-order valence-corrected chi connectivity index (χ2v) is 11.0. The highest BCUT2D eigenvalue weighted by molar-refractivity contribution is 8.00. The van der Waals surface area contributed by atoms with E-state index in [0.717, 1.165) is 11.1 Å². The van der Waals surface area contributed by atoms with E-state index in [0.29, 0.717) is 59.9 Å². The van der Waals surface area contributed by atoms with Crippen molar-refractivity contribution >= 4 is 46.6 Å². The molecule has 0 saturated carbocycles. The number of ether oxygens (including phenoxy) is 1. The number of alkyl halides is 3. The van der Waals surface area contributed by atoms with Crippen LogP contribution in [0, 0.1) is 0 Å². The summed E-state index contributed by atoms with van der Waals surface area (Å²) < 4.78 is 44.5. The number of amides is 1. The fourth-order valence-corrected chi connectivity index (χ4v) is 5.36. The predicted molar refractivity (Wildman–Crippen MR) is 150 cm³/mol. The first-order chi connectivity index (χ1) is 19.0. The first kappa shape index (κ1) is 29.6. The lowest BCUT2D eigenvalue weighted by Crippen LogP contribution is -2.37. The molecule has 0 fully saturated rings. The van der Waals surface area contributed by atoms with E-state index in [1.54, 1.807) is 36.4 Å². The third kappa shape index (κ3) is 7.85. The molecule has 4 rings (SSSR count). The molecule has 0 aromatic heterocycles. The number of unbranched alkanes of at least 4 members (excludes halogenated alkanes) is 1. The normalized spacial score (nSPS) is 13.6. The SMILES string of the molecule is COc1cc(CCCCC(=O)O)cc(NC(C(=O)N2CCc3ccc(SC(F)(F)F)cc32)c2ccc(Cl)cc2)c1. The molecule has 3 aromatic rings. The summed E-state index contributed by atoms with van der Waals surface area (Å²) in [4.78, 5) is 26.4. The number of aryl methyl sites for hydroxylation is 1. The van der Waals surface area contributed by atoms with Gasteiger partial charge in [0.1, 0.15) is 11.8 Å². The van der Waals surface area contributed by atoms with Crippen LogP contribution in [0.4, 0.5) is 24.5 Å². The first-order valence-corrected chi connectivity index (χ1v) is 13.8. The number of methoxy groups -OCH3 is 1. The molecule has 1 aliphatic rings. The average molecular weight is 593 g/mol. The zero-order chi connectivity index (χ0) is 28.9. The van der Waals surface area contributed by atoms with E-state index in [9.17, 15) is 22.8 Å². The van der Waals surface area contributed by atoms with Crippen molar-refractivity contribution in [2.45, 2.75) is 48.5 Å². The minimum Gasteiger partial charge on any atom is -0.497 e. The Hall–Kier alpha value is -3.37.